The molecule has 0 atom stereocenters. The molecule has 0 saturated carbocycles. The van der Waals surface area contributed by atoms with Gasteiger partial charge in [0, 0.05) is 22.3 Å². The zero-order valence-corrected chi connectivity index (χ0v) is 22.6. The van der Waals surface area contributed by atoms with E-state index in [0.29, 0.717) is 5.69 Å². The summed E-state index contributed by atoms with van der Waals surface area (Å²) in [5.74, 6) is -0.915. The maximum absolute atomic E-state index is 13.5. The predicted octanol–water partition coefficient (Wildman–Crippen LogP) is 5.92. The molecule has 0 aromatic heterocycles. The number of carbonyl (C=O) groups is 2. The number of halogens is 1. The lowest BCUT2D eigenvalue weighted by Gasteiger charge is -2.43. The molecule has 34 heavy (non-hydrogen) atoms. The number of nitrogens with one attached hydrogen (secondary N) is 1. The largest absolute Gasteiger partial charge is 0.363 e. The molecule has 0 aliphatic carbocycles. The van der Waals surface area contributed by atoms with Crippen LogP contribution in [0.1, 0.15) is 49.9 Å². The van der Waals surface area contributed by atoms with Crippen LogP contribution in [0.25, 0.3) is 11.6 Å². The Balaban J connectivity index is 1.81. The number of benzene rings is 2. The molecular formula is C27H28BrN3O2S. The quantitative estimate of drug-likeness (QED) is 0.300. The van der Waals surface area contributed by atoms with Gasteiger partial charge in [-0.2, -0.15) is 0 Å². The van der Waals surface area contributed by atoms with Gasteiger partial charge in [-0.3, -0.25) is 19.8 Å². The number of nitrogens with zero attached hydrogens (tertiary/aromatic N) is 2. The summed E-state index contributed by atoms with van der Waals surface area (Å²) in [4.78, 5) is 30.1. The van der Waals surface area contributed by atoms with Crippen LogP contribution in [0.5, 0.6) is 0 Å². The van der Waals surface area contributed by atoms with Gasteiger partial charge >= 0.3 is 0 Å². The van der Waals surface area contributed by atoms with Crippen LogP contribution in [0.15, 0.2) is 46.5 Å². The highest BCUT2D eigenvalue weighted by atomic mass is 79.9. The Hall–Kier alpha value is -2.77. The highest BCUT2D eigenvalue weighted by molar-refractivity contribution is 9.10. The van der Waals surface area contributed by atoms with E-state index in [0.717, 1.165) is 33.3 Å². The van der Waals surface area contributed by atoms with E-state index in [2.05, 4.69) is 72.1 Å². The van der Waals surface area contributed by atoms with Gasteiger partial charge in [0.1, 0.15) is 5.57 Å². The number of rotatable bonds is 3. The fraction of sp³-hybridized carbons (Fsp3) is 0.296. The first-order valence-electron chi connectivity index (χ1n) is 11.2. The molecule has 2 heterocycles. The fourth-order valence-electron chi connectivity index (χ4n) is 4.88. The first kappa shape index (κ1) is 24.4. The van der Waals surface area contributed by atoms with E-state index in [1.165, 1.54) is 16.2 Å². The molecule has 5 nitrogen and oxygen atoms in total. The highest BCUT2D eigenvalue weighted by Crippen LogP contribution is 2.40. The molecule has 2 aliphatic rings. The Labute approximate surface area is 214 Å². The molecule has 0 bridgehead atoms. The molecule has 2 amide bonds. The zero-order valence-electron chi connectivity index (χ0n) is 20.2. The van der Waals surface area contributed by atoms with Crippen molar-refractivity contribution in [1.82, 2.24) is 5.32 Å². The van der Waals surface area contributed by atoms with E-state index in [4.69, 9.17) is 12.2 Å². The minimum atomic E-state index is -0.485. The number of allylic oxidation sites excluding steroid dienone is 1. The van der Waals surface area contributed by atoms with E-state index >= 15 is 0 Å². The van der Waals surface area contributed by atoms with E-state index in [1.54, 1.807) is 6.08 Å². The first-order chi connectivity index (χ1) is 15.9. The van der Waals surface area contributed by atoms with Gasteiger partial charge < -0.3 is 4.90 Å². The van der Waals surface area contributed by atoms with Crippen molar-refractivity contribution in [2.24, 2.45) is 0 Å². The summed E-state index contributed by atoms with van der Waals surface area (Å²) in [6.07, 6.45) is 3.94. The number of thiocarbonyl (C=S) groups is 1. The van der Waals surface area contributed by atoms with E-state index in [9.17, 15) is 9.59 Å². The molecule has 4 rings (SSSR count). The maximum atomic E-state index is 13.5. The van der Waals surface area contributed by atoms with Gasteiger partial charge in [-0.1, -0.05) is 22.0 Å². The van der Waals surface area contributed by atoms with Gasteiger partial charge in [0.05, 0.1) is 11.2 Å². The molecule has 1 N–H and O–H groups in total. The topological polar surface area (TPSA) is 52.7 Å². The molecule has 0 unspecified atom stereocenters. The predicted molar refractivity (Wildman–Crippen MR) is 147 cm³/mol. The van der Waals surface area contributed by atoms with Crippen molar-refractivity contribution >= 4 is 68.1 Å². The second kappa shape index (κ2) is 8.78. The average Bonchev–Trinajstić information content (AvgIpc) is 2.72. The van der Waals surface area contributed by atoms with Crippen molar-refractivity contribution in [3.8, 4) is 0 Å². The fourth-order valence-corrected chi connectivity index (χ4v) is 5.63. The Morgan fingerprint density at radius 2 is 1.76 bits per heavy atom. The Morgan fingerprint density at radius 3 is 2.41 bits per heavy atom. The Kier molecular flexibility index (Phi) is 6.29. The maximum Gasteiger partial charge on any atom is 0.270 e. The molecule has 1 fully saturated rings. The number of hydrogen-bond acceptors (Lipinski definition) is 4. The third-order valence-corrected chi connectivity index (χ3v) is 7.26. The number of amides is 2. The summed E-state index contributed by atoms with van der Waals surface area (Å²) in [7, 11) is 0. The number of aryl methyl sites for hydroxylation is 2. The van der Waals surface area contributed by atoms with Crippen LogP contribution in [0, 0.1) is 13.8 Å². The minimum Gasteiger partial charge on any atom is -0.363 e. The van der Waals surface area contributed by atoms with Crippen molar-refractivity contribution < 1.29 is 9.59 Å². The lowest BCUT2D eigenvalue weighted by molar-refractivity contribution is -0.122. The summed E-state index contributed by atoms with van der Waals surface area (Å²) in [6.45, 7) is 13.5. The van der Waals surface area contributed by atoms with Crippen LogP contribution in [0.4, 0.5) is 11.4 Å². The molecule has 2 aliphatic heterocycles. The number of carbonyl (C=O) groups excluding carboxylic acids is 2. The van der Waals surface area contributed by atoms with Gasteiger partial charge in [-0.15, -0.1) is 0 Å². The van der Waals surface area contributed by atoms with Gasteiger partial charge in [0.2, 0.25) is 0 Å². The van der Waals surface area contributed by atoms with Crippen molar-refractivity contribution in [3.05, 3.63) is 68.7 Å². The van der Waals surface area contributed by atoms with E-state index < -0.39 is 11.8 Å². The Morgan fingerprint density at radius 1 is 1.06 bits per heavy atom. The summed E-state index contributed by atoms with van der Waals surface area (Å²) < 4.78 is 0.904. The van der Waals surface area contributed by atoms with Crippen LogP contribution in [-0.2, 0) is 9.59 Å². The van der Waals surface area contributed by atoms with Gasteiger partial charge in [-0.25, -0.2) is 0 Å². The van der Waals surface area contributed by atoms with Gasteiger partial charge in [0.25, 0.3) is 11.8 Å². The van der Waals surface area contributed by atoms with Crippen LogP contribution in [-0.4, -0.2) is 29.0 Å². The molecule has 0 spiro atoms. The van der Waals surface area contributed by atoms with Crippen LogP contribution in [0.2, 0.25) is 0 Å². The summed E-state index contributed by atoms with van der Waals surface area (Å²) in [6, 6.07) is 9.80. The van der Waals surface area contributed by atoms with Crippen molar-refractivity contribution in [2.45, 2.75) is 47.1 Å². The standard InChI is InChI=1S/C27H28BrN3O2S/c1-7-30-23-11-15(2)18(12-20(23)17(4)14-27(30,5)6)13-21-24(32)29-26(34)31(25(21)33)22-9-8-19(28)10-16(22)3/h8-14H,7H2,1-6H3,(H,29,32,34)/b21-13-. The minimum absolute atomic E-state index is 0.0593. The van der Waals surface area contributed by atoms with Crippen LogP contribution >= 0.6 is 28.1 Å². The highest BCUT2D eigenvalue weighted by Gasteiger charge is 2.36. The number of fused-ring (bicyclic) bond motifs is 1. The summed E-state index contributed by atoms with van der Waals surface area (Å²) >= 11 is 8.81. The second-order valence-corrected chi connectivity index (χ2v) is 10.6. The smallest absolute Gasteiger partial charge is 0.270 e. The molecule has 7 heteroatoms. The van der Waals surface area contributed by atoms with Crippen molar-refractivity contribution in [1.29, 1.82) is 0 Å². The monoisotopic (exact) mass is 537 g/mol. The summed E-state index contributed by atoms with van der Waals surface area (Å²) in [5, 5.41) is 2.77. The van der Waals surface area contributed by atoms with Crippen molar-refractivity contribution in [2.75, 3.05) is 16.3 Å². The number of likely N-dealkylation sites (N-methyl/N-ethyl adjacent to an activating group) is 1. The lowest BCUT2D eigenvalue weighted by Crippen LogP contribution is -2.54. The zero-order chi connectivity index (χ0) is 24.9. The van der Waals surface area contributed by atoms with Gasteiger partial charge in [0.15, 0.2) is 5.11 Å². The second-order valence-electron chi connectivity index (χ2n) is 9.34. The third-order valence-electron chi connectivity index (χ3n) is 6.48. The number of anilines is 2. The van der Waals surface area contributed by atoms with E-state index in [-0.39, 0.29) is 16.2 Å². The van der Waals surface area contributed by atoms with Crippen molar-refractivity contribution in [3.63, 3.8) is 0 Å². The average molecular weight is 539 g/mol. The van der Waals surface area contributed by atoms with E-state index in [1.807, 2.05) is 32.0 Å². The molecule has 2 aromatic carbocycles. The Bertz CT molecular complexity index is 1310. The SMILES string of the molecule is CCN1c2cc(C)c(/C=C3/C(=O)NC(=S)N(c4ccc(Br)cc4C)C3=O)cc2C(C)=CC1(C)C. The molecule has 1 saturated heterocycles. The normalized spacial score (nSPS) is 18.7. The third kappa shape index (κ3) is 4.12. The number of hydrogen-bond donors (Lipinski definition) is 1. The molecule has 2 aromatic rings. The summed E-state index contributed by atoms with van der Waals surface area (Å²) in [5.41, 5.74) is 6.77. The molecule has 0 radical (unpaired) electrons. The van der Waals surface area contributed by atoms with Gasteiger partial charge in [-0.05, 0) is 112 Å². The molecule has 176 valence electrons. The van der Waals surface area contributed by atoms with Crippen LogP contribution < -0.4 is 15.1 Å². The lowest BCUT2D eigenvalue weighted by atomic mass is 9.86. The van der Waals surface area contributed by atoms with Crippen LogP contribution in [0.3, 0.4) is 0 Å². The molecular weight excluding hydrogens is 510 g/mol. The first-order valence-corrected chi connectivity index (χ1v) is 12.4.